The summed E-state index contributed by atoms with van der Waals surface area (Å²) in [4.78, 5) is 1.43. The van der Waals surface area contributed by atoms with Crippen molar-refractivity contribution in [1.82, 2.24) is 5.32 Å². The third-order valence-electron chi connectivity index (χ3n) is 3.75. The van der Waals surface area contributed by atoms with Crippen molar-refractivity contribution in [3.63, 3.8) is 0 Å². The SMILES string of the molecule is CCCCCCCC(NCCC)c1ccccc1SC. The molecule has 1 aromatic carbocycles. The first-order valence-electron chi connectivity index (χ1n) is 8.19. The van der Waals surface area contributed by atoms with Crippen molar-refractivity contribution < 1.29 is 0 Å². The van der Waals surface area contributed by atoms with Gasteiger partial charge in [0.25, 0.3) is 0 Å². The van der Waals surface area contributed by atoms with Crippen molar-refractivity contribution in [3.05, 3.63) is 29.8 Å². The van der Waals surface area contributed by atoms with E-state index in [-0.39, 0.29) is 0 Å². The molecule has 1 nitrogen and oxygen atoms in total. The quantitative estimate of drug-likeness (QED) is 0.408. The summed E-state index contributed by atoms with van der Waals surface area (Å²) >= 11 is 1.86. The molecule has 0 aromatic heterocycles. The molecule has 114 valence electrons. The van der Waals surface area contributed by atoms with Crippen LogP contribution < -0.4 is 5.32 Å². The minimum Gasteiger partial charge on any atom is -0.310 e. The van der Waals surface area contributed by atoms with Gasteiger partial charge in [0.05, 0.1) is 0 Å². The zero-order valence-corrected chi connectivity index (χ0v) is 14.3. The second-order valence-corrected chi connectivity index (χ2v) is 6.30. The number of benzene rings is 1. The smallest absolute Gasteiger partial charge is 0.0331 e. The van der Waals surface area contributed by atoms with Crippen LogP contribution in [0, 0.1) is 0 Å². The van der Waals surface area contributed by atoms with E-state index in [0.717, 1.165) is 6.54 Å². The molecule has 0 saturated carbocycles. The molecule has 1 atom stereocenters. The molecule has 20 heavy (non-hydrogen) atoms. The molecule has 0 fully saturated rings. The summed E-state index contributed by atoms with van der Waals surface area (Å²) in [5.41, 5.74) is 1.49. The van der Waals surface area contributed by atoms with Gasteiger partial charge in [0.2, 0.25) is 0 Å². The van der Waals surface area contributed by atoms with Crippen molar-refractivity contribution in [2.24, 2.45) is 0 Å². The summed E-state index contributed by atoms with van der Waals surface area (Å²) in [6.07, 6.45) is 11.5. The third-order valence-corrected chi connectivity index (χ3v) is 4.56. The Bertz CT molecular complexity index is 351. The molecule has 1 aromatic rings. The lowest BCUT2D eigenvalue weighted by atomic mass is 9.99. The molecule has 0 aliphatic rings. The molecule has 1 N–H and O–H groups in total. The van der Waals surface area contributed by atoms with Crippen molar-refractivity contribution in [2.45, 2.75) is 69.7 Å². The van der Waals surface area contributed by atoms with E-state index in [0.29, 0.717) is 6.04 Å². The molecule has 0 spiro atoms. The molecular weight excluding hydrogens is 262 g/mol. The van der Waals surface area contributed by atoms with E-state index in [1.54, 1.807) is 0 Å². The van der Waals surface area contributed by atoms with Crippen molar-refractivity contribution >= 4 is 11.8 Å². The summed E-state index contributed by atoms with van der Waals surface area (Å²) in [5, 5.41) is 3.74. The van der Waals surface area contributed by atoms with Gasteiger partial charge in [0, 0.05) is 10.9 Å². The Hall–Kier alpha value is -0.470. The number of rotatable bonds is 11. The Kier molecular flexibility index (Phi) is 9.86. The van der Waals surface area contributed by atoms with Gasteiger partial charge < -0.3 is 5.32 Å². The van der Waals surface area contributed by atoms with Gasteiger partial charge in [-0.05, 0) is 37.3 Å². The fourth-order valence-corrected chi connectivity index (χ4v) is 3.25. The average molecular weight is 294 g/mol. The lowest BCUT2D eigenvalue weighted by molar-refractivity contribution is 0.463. The number of thioether (sulfide) groups is 1. The van der Waals surface area contributed by atoms with E-state index in [1.807, 2.05) is 11.8 Å². The van der Waals surface area contributed by atoms with Gasteiger partial charge in [-0.2, -0.15) is 0 Å². The van der Waals surface area contributed by atoms with E-state index < -0.39 is 0 Å². The summed E-state index contributed by atoms with van der Waals surface area (Å²) in [6, 6.07) is 9.39. The van der Waals surface area contributed by atoms with Crippen LogP contribution in [-0.2, 0) is 0 Å². The number of hydrogen-bond donors (Lipinski definition) is 1. The first kappa shape index (κ1) is 17.6. The number of hydrogen-bond acceptors (Lipinski definition) is 2. The van der Waals surface area contributed by atoms with Crippen molar-refractivity contribution in [1.29, 1.82) is 0 Å². The second kappa shape index (κ2) is 11.2. The minimum atomic E-state index is 0.528. The van der Waals surface area contributed by atoms with Crippen LogP contribution in [0.5, 0.6) is 0 Å². The van der Waals surface area contributed by atoms with Crippen LogP contribution in [0.25, 0.3) is 0 Å². The van der Waals surface area contributed by atoms with Crippen LogP contribution in [0.3, 0.4) is 0 Å². The zero-order valence-electron chi connectivity index (χ0n) is 13.5. The van der Waals surface area contributed by atoms with E-state index in [1.165, 1.54) is 55.4 Å². The predicted octanol–water partition coefficient (Wildman–Crippen LogP) is 5.81. The Balaban J connectivity index is 2.58. The molecule has 0 radical (unpaired) electrons. The summed E-state index contributed by atoms with van der Waals surface area (Å²) in [6.45, 7) is 5.63. The van der Waals surface area contributed by atoms with Crippen LogP contribution in [-0.4, -0.2) is 12.8 Å². The molecule has 1 rings (SSSR count). The minimum absolute atomic E-state index is 0.528. The highest BCUT2D eigenvalue weighted by atomic mass is 32.2. The van der Waals surface area contributed by atoms with Gasteiger partial charge >= 0.3 is 0 Å². The van der Waals surface area contributed by atoms with Gasteiger partial charge in [-0.25, -0.2) is 0 Å². The molecule has 0 aliphatic heterocycles. The molecule has 0 aliphatic carbocycles. The standard InChI is InChI=1S/C18H31NS/c1-4-6-7-8-9-13-17(19-15-5-2)16-12-10-11-14-18(16)20-3/h10-12,14,17,19H,4-9,13,15H2,1-3H3. The average Bonchev–Trinajstić information content (AvgIpc) is 2.50. The predicted molar refractivity (Wildman–Crippen MR) is 92.6 cm³/mol. The molecule has 1 unspecified atom stereocenters. The Labute approximate surface area is 129 Å². The van der Waals surface area contributed by atoms with Gasteiger partial charge in [0.15, 0.2) is 0 Å². The summed E-state index contributed by atoms with van der Waals surface area (Å²) in [5.74, 6) is 0. The van der Waals surface area contributed by atoms with Crippen molar-refractivity contribution in [3.8, 4) is 0 Å². The highest BCUT2D eigenvalue weighted by Crippen LogP contribution is 2.29. The lowest BCUT2D eigenvalue weighted by Gasteiger charge is -2.21. The molecule has 0 bridgehead atoms. The normalized spacial score (nSPS) is 12.6. The maximum absolute atomic E-state index is 3.74. The maximum Gasteiger partial charge on any atom is 0.0331 e. The largest absolute Gasteiger partial charge is 0.310 e. The third kappa shape index (κ3) is 6.32. The van der Waals surface area contributed by atoms with E-state index in [9.17, 15) is 0 Å². The van der Waals surface area contributed by atoms with Gasteiger partial charge in [0.1, 0.15) is 0 Å². The summed E-state index contributed by atoms with van der Waals surface area (Å²) in [7, 11) is 0. The first-order chi connectivity index (χ1) is 9.83. The van der Waals surface area contributed by atoms with Crippen LogP contribution in [0.2, 0.25) is 0 Å². The Morgan fingerprint density at radius 2 is 1.75 bits per heavy atom. The highest BCUT2D eigenvalue weighted by molar-refractivity contribution is 7.98. The lowest BCUT2D eigenvalue weighted by Crippen LogP contribution is -2.22. The van der Waals surface area contributed by atoms with Crippen LogP contribution in [0.1, 0.15) is 70.4 Å². The second-order valence-electron chi connectivity index (χ2n) is 5.45. The van der Waals surface area contributed by atoms with Gasteiger partial charge in [-0.15, -0.1) is 11.8 Å². The number of unbranched alkanes of at least 4 members (excludes halogenated alkanes) is 4. The zero-order chi connectivity index (χ0) is 14.6. The van der Waals surface area contributed by atoms with Crippen LogP contribution in [0.15, 0.2) is 29.2 Å². The van der Waals surface area contributed by atoms with Gasteiger partial charge in [-0.1, -0.05) is 64.2 Å². The fourth-order valence-electron chi connectivity index (χ4n) is 2.59. The first-order valence-corrected chi connectivity index (χ1v) is 9.42. The van der Waals surface area contributed by atoms with Crippen molar-refractivity contribution in [2.75, 3.05) is 12.8 Å². The molecule has 0 amide bonds. The van der Waals surface area contributed by atoms with E-state index in [4.69, 9.17) is 0 Å². The molecular formula is C18H31NS. The Morgan fingerprint density at radius 3 is 2.45 bits per heavy atom. The van der Waals surface area contributed by atoms with E-state index in [2.05, 4.69) is 49.7 Å². The van der Waals surface area contributed by atoms with Crippen LogP contribution in [0.4, 0.5) is 0 Å². The monoisotopic (exact) mass is 293 g/mol. The molecule has 2 heteroatoms. The van der Waals surface area contributed by atoms with E-state index >= 15 is 0 Å². The number of nitrogens with one attached hydrogen (secondary N) is 1. The van der Waals surface area contributed by atoms with Crippen LogP contribution >= 0.6 is 11.8 Å². The van der Waals surface area contributed by atoms with Gasteiger partial charge in [-0.3, -0.25) is 0 Å². The topological polar surface area (TPSA) is 12.0 Å². The Morgan fingerprint density at radius 1 is 1.00 bits per heavy atom. The molecule has 0 saturated heterocycles. The fraction of sp³-hybridized carbons (Fsp3) is 0.667. The maximum atomic E-state index is 3.74. The highest BCUT2D eigenvalue weighted by Gasteiger charge is 2.13. The molecule has 0 heterocycles. The summed E-state index contributed by atoms with van der Waals surface area (Å²) < 4.78 is 0.